The molecule has 1 saturated heterocycles. The number of nitrogens with two attached hydrogens (primary N) is 2. The third-order valence-electron chi connectivity index (χ3n) is 9.30. The average molecular weight is 538 g/mol. The number of quaternary nitrogens is 1. The summed E-state index contributed by atoms with van der Waals surface area (Å²) in [6, 6.07) is 0. The summed E-state index contributed by atoms with van der Waals surface area (Å²) in [5.74, 6) is 8.41. The molecule has 0 radical (unpaired) electrons. The van der Waals surface area contributed by atoms with E-state index in [0.29, 0.717) is 37.4 Å². The van der Waals surface area contributed by atoms with Gasteiger partial charge in [0.25, 0.3) is 0 Å². The monoisotopic (exact) mass is 537 g/mol. The molecule has 2 fully saturated rings. The Kier molecular flexibility index (Phi) is 14.9. The van der Waals surface area contributed by atoms with E-state index in [4.69, 9.17) is 15.2 Å². The van der Waals surface area contributed by atoms with Crippen LogP contribution in [0.2, 0.25) is 0 Å². The minimum atomic E-state index is -0.474. The maximum atomic E-state index is 11.3. The summed E-state index contributed by atoms with van der Waals surface area (Å²) >= 11 is 0. The molecule has 3 rings (SSSR count). The van der Waals surface area contributed by atoms with Crippen molar-refractivity contribution in [1.82, 2.24) is 0 Å². The summed E-state index contributed by atoms with van der Waals surface area (Å²) in [7, 11) is 0. The molecule has 1 heterocycles. The lowest BCUT2D eigenvalue weighted by atomic mass is 9.79. The maximum Gasteiger partial charge on any atom is 0.137 e. The van der Waals surface area contributed by atoms with Crippen molar-refractivity contribution in [2.75, 3.05) is 26.4 Å². The van der Waals surface area contributed by atoms with Crippen molar-refractivity contribution in [2.45, 2.75) is 134 Å². The van der Waals surface area contributed by atoms with Gasteiger partial charge in [0.2, 0.25) is 0 Å². The number of piperidine rings is 1. The van der Waals surface area contributed by atoms with Crippen molar-refractivity contribution in [3.8, 4) is 11.8 Å². The Hall–Kier alpha value is -0.720. The molecule has 0 spiro atoms. The second-order valence-corrected chi connectivity index (χ2v) is 12.2. The molecular formula is C31H57N2O5+. The molecule has 0 bridgehead atoms. The lowest BCUT2D eigenvalue weighted by Crippen LogP contribution is -2.94. The molecule has 38 heavy (non-hydrogen) atoms. The van der Waals surface area contributed by atoms with Crippen LogP contribution in [0, 0.1) is 35.5 Å². The molecule has 0 aromatic rings. The van der Waals surface area contributed by atoms with E-state index in [1.807, 2.05) is 0 Å². The fourth-order valence-electron chi connectivity index (χ4n) is 6.85. The topological polar surface area (TPSA) is 122 Å². The van der Waals surface area contributed by atoms with Gasteiger partial charge >= 0.3 is 0 Å². The molecule has 7 N–H and O–H groups in total. The number of hydrogen-bond acceptors (Lipinski definition) is 6. The first-order chi connectivity index (χ1) is 18.5. The molecule has 9 atom stereocenters. The van der Waals surface area contributed by atoms with Gasteiger partial charge in [-0.15, -0.1) is 5.92 Å². The van der Waals surface area contributed by atoms with Crippen LogP contribution in [0.15, 0.2) is 0 Å². The molecular weight excluding hydrogens is 480 g/mol. The predicted molar refractivity (Wildman–Crippen MR) is 150 cm³/mol. The van der Waals surface area contributed by atoms with Gasteiger partial charge in [-0.05, 0) is 82.5 Å². The third kappa shape index (κ3) is 11.0. The van der Waals surface area contributed by atoms with Gasteiger partial charge in [0.15, 0.2) is 0 Å². The smallest absolute Gasteiger partial charge is 0.137 e. The fourth-order valence-corrected chi connectivity index (χ4v) is 6.85. The Balaban J connectivity index is 1.46. The normalized spacial score (nSPS) is 35.7. The minimum absolute atomic E-state index is 0.00148. The van der Waals surface area contributed by atoms with Gasteiger partial charge in [-0.25, -0.2) is 0 Å². The summed E-state index contributed by atoms with van der Waals surface area (Å²) in [5.41, 5.74) is 6.08. The standard InChI is InChI=1S/C31H56N2O5/c1-2-23-7-3-4-11-29(38-20-18-34)26(10-5-8-23)27(35)14-12-25-13-15-28(36)30(21-25)37-19-6-9-24-16-17-33-31(32)22-24/h23-31,33-36H,2-4,6-7,9-22,32H2,1H3/p+1. The highest BCUT2D eigenvalue weighted by molar-refractivity contribution is 5.06. The SMILES string of the molecule is CCC1C#CCC(C(O)CCC2CCC(O)C(OCCCC3CC[NH2+]C(N)C3)C2)C(OCCO)CCCC1. The van der Waals surface area contributed by atoms with Crippen molar-refractivity contribution < 1.29 is 30.1 Å². The first-order valence-corrected chi connectivity index (χ1v) is 15.8. The van der Waals surface area contributed by atoms with E-state index < -0.39 is 6.10 Å². The van der Waals surface area contributed by atoms with E-state index in [1.165, 1.54) is 6.42 Å². The first kappa shape index (κ1) is 31.8. The number of rotatable bonds is 13. The van der Waals surface area contributed by atoms with Gasteiger partial charge in [-0.3, -0.25) is 5.73 Å². The largest absolute Gasteiger partial charge is 0.394 e. The van der Waals surface area contributed by atoms with Crippen LogP contribution < -0.4 is 11.1 Å². The van der Waals surface area contributed by atoms with Crippen LogP contribution in [0.4, 0.5) is 0 Å². The van der Waals surface area contributed by atoms with Crippen molar-refractivity contribution >= 4 is 0 Å². The summed E-state index contributed by atoms with van der Waals surface area (Å²) in [5, 5.41) is 33.4. The quantitative estimate of drug-likeness (QED) is 0.182. The third-order valence-corrected chi connectivity index (χ3v) is 9.30. The molecule has 0 aromatic heterocycles. The van der Waals surface area contributed by atoms with Crippen LogP contribution in [0.25, 0.3) is 0 Å². The number of hydrogen-bond donors (Lipinski definition) is 5. The molecule has 0 amide bonds. The van der Waals surface area contributed by atoms with Crippen LogP contribution in [0.3, 0.4) is 0 Å². The van der Waals surface area contributed by atoms with Crippen molar-refractivity contribution in [1.29, 1.82) is 0 Å². The minimum Gasteiger partial charge on any atom is -0.394 e. The Labute approximate surface area is 231 Å². The average Bonchev–Trinajstić information content (AvgIpc) is 2.92. The fraction of sp³-hybridized carbons (Fsp3) is 0.935. The van der Waals surface area contributed by atoms with E-state index in [-0.39, 0.29) is 37.0 Å². The van der Waals surface area contributed by atoms with Crippen LogP contribution in [0.5, 0.6) is 0 Å². The maximum absolute atomic E-state index is 11.3. The lowest BCUT2D eigenvalue weighted by Gasteiger charge is -2.35. The van der Waals surface area contributed by atoms with Gasteiger partial charge in [0.05, 0.1) is 44.2 Å². The molecule has 3 aliphatic rings. The molecule has 7 heteroatoms. The number of aliphatic hydroxyl groups excluding tert-OH is 3. The Morgan fingerprint density at radius 3 is 2.55 bits per heavy atom. The van der Waals surface area contributed by atoms with Crippen molar-refractivity contribution in [3.63, 3.8) is 0 Å². The second-order valence-electron chi connectivity index (χ2n) is 12.2. The highest BCUT2D eigenvalue weighted by atomic mass is 16.5. The number of ether oxygens (including phenoxy) is 2. The molecule has 220 valence electrons. The van der Waals surface area contributed by atoms with Gasteiger partial charge < -0.3 is 30.1 Å². The molecule has 7 nitrogen and oxygen atoms in total. The Morgan fingerprint density at radius 1 is 0.974 bits per heavy atom. The van der Waals surface area contributed by atoms with Gasteiger partial charge in [0, 0.05) is 31.3 Å². The van der Waals surface area contributed by atoms with Crippen LogP contribution in [-0.4, -0.2) is 72.3 Å². The molecule has 1 aliphatic heterocycles. The van der Waals surface area contributed by atoms with Crippen LogP contribution in [0.1, 0.15) is 103 Å². The second kappa shape index (κ2) is 17.9. The van der Waals surface area contributed by atoms with Gasteiger partial charge in [-0.2, -0.15) is 0 Å². The Bertz CT molecular complexity index is 697. The molecule has 1 saturated carbocycles. The lowest BCUT2D eigenvalue weighted by molar-refractivity contribution is -0.699. The summed E-state index contributed by atoms with van der Waals surface area (Å²) in [6.45, 7) is 4.35. The van der Waals surface area contributed by atoms with Gasteiger partial charge in [0.1, 0.15) is 6.17 Å². The molecule has 2 aliphatic carbocycles. The zero-order valence-corrected chi connectivity index (χ0v) is 23.9. The van der Waals surface area contributed by atoms with E-state index in [9.17, 15) is 15.3 Å². The Morgan fingerprint density at radius 2 is 1.76 bits per heavy atom. The summed E-state index contributed by atoms with van der Waals surface area (Å²) in [4.78, 5) is 0. The molecule has 0 aromatic carbocycles. The summed E-state index contributed by atoms with van der Waals surface area (Å²) in [6.07, 6.45) is 14.0. The van der Waals surface area contributed by atoms with Gasteiger partial charge in [-0.1, -0.05) is 25.7 Å². The highest BCUT2D eigenvalue weighted by Gasteiger charge is 2.33. The predicted octanol–water partition coefficient (Wildman–Crippen LogP) is 2.70. The van der Waals surface area contributed by atoms with E-state index in [0.717, 1.165) is 90.0 Å². The van der Waals surface area contributed by atoms with E-state index in [1.54, 1.807) is 0 Å². The van der Waals surface area contributed by atoms with E-state index in [2.05, 4.69) is 24.1 Å². The number of aliphatic hydroxyl groups is 3. The zero-order chi connectivity index (χ0) is 27.2. The van der Waals surface area contributed by atoms with E-state index >= 15 is 0 Å². The van der Waals surface area contributed by atoms with Crippen molar-refractivity contribution in [3.05, 3.63) is 0 Å². The van der Waals surface area contributed by atoms with Crippen LogP contribution in [-0.2, 0) is 9.47 Å². The summed E-state index contributed by atoms with van der Waals surface area (Å²) < 4.78 is 12.2. The molecule has 9 unspecified atom stereocenters. The highest BCUT2D eigenvalue weighted by Crippen LogP contribution is 2.33. The van der Waals surface area contributed by atoms with Crippen LogP contribution >= 0.6 is 0 Å². The van der Waals surface area contributed by atoms with Crippen molar-refractivity contribution in [2.24, 2.45) is 29.4 Å². The zero-order valence-electron chi connectivity index (χ0n) is 23.9. The first-order valence-electron chi connectivity index (χ1n) is 15.8.